The van der Waals surface area contributed by atoms with Crippen molar-refractivity contribution in [3.05, 3.63) is 45.2 Å². The molecule has 0 aromatic heterocycles. The molecular formula is C62H106O4. The fourth-order valence-corrected chi connectivity index (χ4v) is 10.7. The predicted octanol–water partition coefficient (Wildman–Crippen LogP) is 18.9. The highest BCUT2D eigenvalue weighted by Crippen LogP contribution is 2.41. The van der Waals surface area contributed by atoms with Gasteiger partial charge in [-0.1, -0.05) is 259 Å². The van der Waals surface area contributed by atoms with Crippen LogP contribution in [0.5, 0.6) is 0 Å². The number of hydrogen-bond donors (Lipinski definition) is 0. The van der Waals surface area contributed by atoms with Crippen LogP contribution in [0.3, 0.4) is 0 Å². The molecule has 3 aliphatic rings. The van der Waals surface area contributed by atoms with Gasteiger partial charge in [0.25, 0.3) is 0 Å². The standard InChI is InChI=1S/C62H106O4/c1-5-9-13-17-21-25-29-33-37-41-49-63-59-53-45-46-55-58-56(48-47-54(57(53)58)60(59)64-50-42-38-34-30-26-22-18-14-10-6-2)62(66-52-44-40-36-32-28-24-20-16-12-8-4)61(55)65-51-43-39-35-31-27-23-19-15-11-7-3/h45-46H,5-44,47-52H2,1-4H3. The molecule has 0 spiro atoms. The number of ether oxygens (including phenoxy) is 4. The summed E-state index contributed by atoms with van der Waals surface area (Å²) in [6.45, 7) is 12.3. The minimum Gasteiger partial charge on any atom is -0.489 e. The van der Waals surface area contributed by atoms with E-state index in [4.69, 9.17) is 18.9 Å². The normalized spacial score (nSPS) is 14.0. The summed E-state index contributed by atoms with van der Waals surface area (Å²) in [6, 6.07) is 4.66. The first-order valence-electron chi connectivity index (χ1n) is 29.7. The molecular weight excluding hydrogens is 809 g/mol. The molecule has 66 heavy (non-hydrogen) atoms. The molecule has 4 nitrogen and oxygen atoms in total. The first kappa shape index (κ1) is 56.2. The van der Waals surface area contributed by atoms with Crippen LogP contribution in [0.25, 0.3) is 22.7 Å². The van der Waals surface area contributed by atoms with E-state index in [9.17, 15) is 0 Å². The predicted molar refractivity (Wildman–Crippen MR) is 287 cm³/mol. The minimum absolute atomic E-state index is 0.760. The lowest BCUT2D eigenvalue weighted by atomic mass is 9.94. The van der Waals surface area contributed by atoms with Crippen molar-refractivity contribution in [2.45, 2.75) is 297 Å². The van der Waals surface area contributed by atoms with Gasteiger partial charge in [-0.05, 0) is 50.7 Å². The largest absolute Gasteiger partial charge is 0.489 e. The van der Waals surface area contributed by atoms with Crippen molar-refractivity contribution >= 4 is 22.7 Å². The van der Waals surface area contributed by atoms with E-state index >= 15 is 0 Å². The van der Waals surface area contributed by atoms with Crippen LogP contribution >= 0.6 is 0 Å². The molecule has 0 saturated carbocycles. The molecule has 4 heteroatoms. The van der Waals surface area contributed by atoms with Crippen LogP contribution in [-0.2, 0) is 18.9 Å². The highest BCUT2D eigenvalue weighted by molar-refractivity contribution is 5.93. The topological polar surface area (TPSA) is 36.9 Å². The second-order valence-corrected chi connectivity index (χ2v) is 20.8. The van der Waals surface area contributed by atoms with Crippen LogP contribution in [0.15, 0.2) is 23.7 Å². The highest BCUT2D eigenvalue weighted by Gasteiger charge is 2.36. The molecule has 4 rings (SSSR count). The van der Waals surface area contributed by atoms with E-state index in [1.54, 1.807) is 0 Å². The van der Waals surface area contributed by atoms with Crippen LogP contribution in [0.2, 0.25) is 0 Å². The van der Waals surface area contributed by atoms with Gasteiger partial charge in [-0.25, -0.2) is 0 Å². The van der Waals surface area contributed by atoms with Gasteiger partial charge in [0.1, 0.15) is 0 Å². The summed E-state index contributed by atoms with van der Waals surface area (Å²) in [5, 5.41) is 2.70. The van der Waals surface area contributed by atoms with E-state index in [-0.39, 0.29) is 0 Å². The number of rotatable bonds is 48. The van der Waals surface area contributed by atoms with Gasteiger partial charge in [0.15, 0.2) is 23.0 Å². The molecule has 1 aromatic carbocycles. The molecule has 3 aliphatic carbocycles. The SMILES string of the molecule is CCCCCCCCCCCCOC1=C(OCCCCCCCCCCCC)c2ccc3c4c2=C1CCC=4C(OCCCCCCCCCCCC)=C3OCCCCCCCCCCCC. The van der Waals surface area contributed by atoms with Gasteiger partial charge in [0.2, 0.25) is 0 Å². The Hall–Kier alpha value is -2.36. The summed E-state index contributed by atoms with van der Waals surface area (Å²) < 4.78 is 27.5. The quantitative estimate of drug-likeness (QED) is 0.0611. The lowest BCUT2D eigenvalue weighted by Gasteiger charge is -2.18. The molecule has 0 unspecified atom stereocenters. The molecule has 0 bridgehead atoms. The van der Waals surface area contributed by atoms with Crippen LogP contribution in [0.1, 0.15) is 308 Å². The van der Waals surface area contributed by atoms with E-state index < -0.39 is 0 Å². The van der Waals surface area contributed by atoms with Gasteiger partial charge >= 0.3 is 0 Å². The van der Waals surface area contributed by atoms with E-state index in [0.717, 1.165) is 88.0 Å². The summed E-state index contributed by atoms with van der Waals surface area (Å²) in [5.41, 5.74) is 5.19. The first-order chi connectivity index (χ1) is 32.8. The zero-order chi connectivity index (χ0) is 46.5. The lowest BCUT2D eigenvalue weighted by Crippen LogP contribution is -2.34. The Morgan fingerprint density at radius 3 is 0.682 bits per heavy atom. The van der Waals surface area contributed by atoms with E-state index in [1.807, 2.05) is 0 Å². The Kier molecular flexibility index (Phi) is 32.0. The van der Waals surface area contributed by atoms with Gasteiger partial charge in [-0.3, -0.25) is 0 Å². The average Bonchev–Trinajstić information content (AvgIpc) is 3.80. The molecule has 378 valence electrons. The fourth-order valence-electron chi connectivity index (χ4n) is 10.7. The van der Waals surface area contributed by atoms with Crippen molar-refractivity contribution in [1.29, 1.82) is 0 Å². The molecule has 0 N–H and O–H groups in total. The minimum atomic E-state index is 0.760. The third kappa shape index (κ3) is 21.1. The van der Waals surface area contributed by atoms with Gasteiger partial charge in [-0.2, -0.15) is 0 Å². The van der Waals surface area contributed by atoms with Crippen LogP contribution < -0.4 is 10.4 Å². The third-order valence-corrected chi connectivity index (χ3v) is 14.9. The third-order valence-electron chi connectivity index (χ3n) is 14.9. The van der Waals surface area contributed by atoms with Crippen molar-refractivity contribution in [3.63, 3.8) is 0 Å². The maximum atomic E-state index is 6.88. The Morgan fingerprint density at radius 1 is 0.258 bits per heavy atom. The Balaban J connectivity index is 1.41. The number of unbranched alkanes of at least 4 members (excludes halogenated alkanes) is 36. The highest BCUT2D eigenvalue weighted by atomic mass is 16.5. The Labute approximate surface area is 409 Å². The average molecular weight is 916 g/mol. The summed E-state index contributed by atoms with van der Waals surface area (Å²) >= 11 is 0. The zero-order valence-electron chi connectivity index (χ0n) is 44.3. The maximum Gasteiger partial charge on any atom is 0.169 e. The van der Waals surface area contributed by atoms with Crippen molar-refractivity contribution in [1.82, 2.24) is 0 Å². The molecule has 0 saturated heterocycles. The van der Waals surface area contributed by atoms with E-state index in [0.29, 0.717) is 0 Å². The van der Waals surface area contributed by atoms with Gasteiger partial charge in [-0.15, -0.1) is 0 Å². The van der Waals surface area contributed by atoms with Crippen molar-refractivity contribution in [2.24, 2.45) is 0 Å². The van der Waals surface area contributed by atoms with E-state index in [1.165, 1.54) is 264 Å². The molecule has 0 fully saturated rings. The van der Waals surface area contributed by atoms with Crippen molar-refractivity contribution in [2.75, 3.05) is 26.4 Å². The number of allylic oxidation sites excluding steroid dienone is 2. The van der Waals surface area contributed by atoms with Gasteiger partial charge in [0, 0.05) is 32.7 Å². The first-order valence-corrected chi connectivity index (χ1v) is 29.7. The van der Waals surface area contributed by atoms with Crippen molar-refractivity contribution < 1.29 is 18.9 Å². The summed E-state index contributed by atoms with van der Waals surface area (Å²) in [4.78, 5) is 0. The Morgan fingerprint density at radius 2 is 0.455 bits per heavy atom. The lowest BCUT2D eigenvalue weighted by molar-refractivity contribution is 0.195. The fraction of sp³-hybridized carbons (Fsp3) is 0.806. The molecule has 0 amide bonds. The summed E-state index contributed by atoms with van der Waals surface area (Å²) in [5.74, 6) is 4.07. The molecule has 0 radical (unpaired) electrons. The van der Waals surface area contributed by atoms with E-state index in [2.05, 4.69) is 39.8 Å². The van der Waals surface area contributed by atoms with Crippen LogP contribution in [0, 0.1) is 0 Å². The second kappa shape index (κ2) is 37.5. The zero-order valence-corrected chi connectivity index (χ0v) is 44.3. The number of benzene rings is 1. The Bertz CT molecular complexity index is 1470. The number of hydrogen-bond acceptors (Lipinski definition) is 4. The smallest absolute Gasteiger partial charge is 0.169 e. The van der Waals surface area contributed by atoms with Gasteiger partial charge in [0.05, 0.1) is 26.4 Å². The molecule has 0 atom stereocenters. The van der Waals surface area contributed by atoms with Crippen LogP contribution in [-0.4, -0.2) is 26.4 Å². The molecule has 1 aromatic rings. The molecule has 0 aliphatic heterocycles. The second-order valence-electron chi connectivity index (χ2n) is 20.8. The maximum absolute atomic E-state index is 6.88. The molecule has 0 heterocycles. The summed E-state index contributed by atoms with van der Waals surface area (Å²) in [7, 11) is 0. The van der Waals surface area contributed by atoms with Crippen LogP contribution in [0.4, 0.5) is 0 Å². The van der Waals surface area contributed by atoms with Crippen molar-refractivity contribution in [3.8, 4) is 0 Å². The van der Waals surface area contributed by atoms with Gasteiger partial charge < -0.3 is 18.9 Å². The monoisotopic (exact) mass is 915 g/mol. The summed E-state index contributed by atoms with van der Waals surface area (Å²) in [6.07, 6.45) is 55.3.